The van der Waals surface area contributed by atoms with Crippen LogP contribution in [0.25, 0.3) is 0 Å². The summed E-state index contributed by atoms with van der Waals surface area (Å²) in [5, 5.41) is 8.39. The molecule has 21 heavy (non-hydrogen) atoms. The number of rotatable bonds is 3. The molecule has 1 atom stereocenters. The number of allylic oxidation sites excluding steroid dienone is 1. The molecule has 0 bridgehead atoms. The molecule has 1 aromatic rings. The Morgan fingerprint density at radius 2 is 1.95 bits per heavy atom. The highest BCUT2D eigenvalue weighted by atomic mass is 16.5. The van der Waals surface area contributed by atoms with Gasteiger partial charge in [-0.3, -0.25) is 4.90 Å². The van der Waals surface area contributed by atoms with E-state index in [1.54, 1.807) is 0 Å². The maximum atomic E-state index is 5.65. The number of anilines is 1. The van der Waals surface area contributed by atoms with Crippen LogP contribution in [0.5, 0.6) is 0 Å². The van der Waals surface area contributed by atoms with Gasteiger partial charge in [0, 0.05) is 32.7 Å². The van der Waals surface area contributed by atoms with Crippen molar-refractivity contribution in [2.24, 2.45) is 0 Å². The van der Waals surface area contributed by atoms with Crippen LogP contribution in [0, 0.1) is 13.8 Å². The molecule has 2 aliphatic heterocycles. The number of ether oxygens (including phenoxy) is 1. The van der Waals surface area contributed by atoms with E-state index in [1.165, 1.54) is 0 Å². The lowest BCUT2D eigenvalue weighted by Gasteiger charge is -2.36. The van der Waals surface area contributed by atoms with Gasteiger partial charge >= 0.3 is 0 Å². The fraction of sp³-hybridized carbons (Fsp3) is 0.667. The first-order valence-corrected chi connectivity index (χ1v) is 7.68. The molecule has 114 valence electrons. The third-order valence-corrected chi connectivity index (χ3v) is 4.22. The number of aryl methyl sites for hydroxylation is 2. The van der Waals surface area contributed by atoms with Gasteiger partial charge in [0.15, 0.2) is 0 Å². The molecule has 6 heteroatoms. The Labute approximate surface area is 125 Å². The third kappa shape index (κ3) is 3.50. The third-order valence-electron chi connectivity index (χ3n) is 4.22. The van der Waals surface area contributed by atoms with Crippen molar-refractivity contribution in [3.63, 3.8) is 0 Å². The van der Waals surface area contributed by atoms with E-state index in [2.05, 4.69) is 31.1 Å². The Bertz CT molecular complexity index is 511. The number of hydrogen-bond donors (Lipinski definition) is 0. The molecule has 1 fully saturated rings. The fourth-order valence-corrected chi connectivity index (χ4v) is 2.72. The van der Waals surface area contributed by atoms with Crippen LogP contribution in [0.4, 0.5) is 5.95 Å². The summed E-state index contributed by atoms with van der Waals surface area (Å²) in [6.07, 6.45) is 6.55. The maximum Gasteiger partial charge on any atom is 0.245 e. The van der Waals surface area contributed by atoms with E-state index in [9.17, 15) is 0 Å². The average molecular weight is 289 g/mol. The summed E-state index contributed by atoms with van der Waals surface area (Å²) in [6, 6.07) is 0. The Morgan fingerprint density at radius 3 is 2.62 bits per heavy atom. The quantitative estimate of drug-likeness (QED) is 0.836. The first-order valence-electron chi connectivity index (χ1n) is 7.68. The average Bonchev–Trinajstić information content (AvgIpc) is 2.52. The Morgan fingerprint density at radius 1 is 1.14 bits per heavy atom. The highest BCUT2D eigenvalue weighted by Gasteiger charge is 2.22. The molecule has 0 N–H and O–H groups in total. The molecule has 3 rings (SSSR count). The van der Waals surface area contributed by atoms with E-state index in [4.69, 9.17) is 4.74 Å². The molecule has 0 aliphatic carbocycles. The highest BCUT2D eigenvalue weighted by Crippen LogP contribution is 2.15. The largest absolute Gasteiger partial charge is 0.497 e. The summed E-state index contributed by atoms with van der Waals surface area (Å²) in [5.74, 6) is 0.759. The lowest BCUT2D eigenvalue weighted by molar-refractivity contribution is 0.0765. The van der Waals surface area contributed by atoms with Crippen LogP contribution in [0.3, 0.4) is 0 Å². The number of aromatic nitrogens is 3. The topological polar surface area (TPSA) is 54.4 Å². The van der Waals surface area contributed by atoms with Gasteiger partial charge < -0.3 is 9.64 Å². The minimum atomic E-state index is 0.348. The highest BCUT2D eigenvalue weighted by molar-refractivity contribution is 5.30. The molecular weight excluding hydrogens is 266 g/mol. The molecule has 0 spiro atoms. The second-order valence-corrected chi connectivity index (χ2v) is 5.78. The summed E-state index contributed by atoms with van der Waals surface area (Å²) in [7, 11) is 0. The van der Waals surface area contributed by atoms with Crippen molar-refractivity contribution >= 4 is 5.95 Å². The summed E-state index contributed by atoms with van der Waals surface area (Å²) in [6.45, 7) is 8.90. The zero-order valence-electron chi connectivity index (χ0n) is 12.8. The number of hydrogen-bond acceptors (Lipinski definition) is 6. The van der Waals surface area contributed by atoms with Gasteiger partial charge in [-0.1, -0.05) is 0 Å². The van der Waals surface area contributed by atoms with Gasteiger partial charge in [-0.05, 0) is 32.8 Å². The van der Waals surface area contributed by atoms with E-state index < -0.39 is 0 Å². The molecule has 2 aliphatic rings. The van der Waals surface area contributed by atoms with Crippen molar-refractivity contribution in [2.75, 3.05) is 37.6 Å². The van der Waals surface area contributed by atoms with E-state index in [0.717, 1.165) is 62.9 Å². The molecule has 3 heterocycles. The van der Waals surface area contributed by atoms with Gasteiger partial charge in [0.05, 0.1) is 17.6 Å². The smallest absolute Gasteiger partial charge is 0.245 e. The molecule has 0 saturated carbocycles. The molecule has 6 nitrogen and oxygen atoms in total. The molecule has 0 amide bonds. The van der Waals surface area contributed by atoms with Crippen LogP contribution in [0.1, 0.15) is 24.2 Å². The van der Waals surface area contributed by atoms with Crippen molar-refractivity contribution in [3.8, 4) is 0 Å². The van der Waals surface area contributed by atoms with Crippen molar-refractivity contribution in [1.29, 1.82) is 0 Å². The molecule has 1 aromatic heterocycles. The van der Waals surface area contributed by atoms with Crippen molar-refractivity contribution in [1.82, 2.24) is 20.1 Å². The van der Waals surface area contributed by atoms with Crippen LogP contribution in [-0.4, -0.2) is 58.9 Å². The van der Waals surface area contributed by atoms with Crippen LogP contribution in [0.2, 0.25) is 0 Å². The zero-order chi connectivity index (χ0) is 14.7. The molecular formula is C15H23N5O. The number of piperazine rings is 1. The van der Waals surface area contributed by atoms with Gasteiger partial charge in [-0.2, -0.15) is 5.10 Å². The Kier molecular flexibility index (Phi) is 4.34. The lowest BCUT2D eigenvalue weighted by atomic mass is 10.1. The van der Waals surface area contributed by atoms with Gasteiger partial charge in [0.1, 0.15) is 6.10 Å². The standard InChI is InChI=1S/C15H23N5O/c1-12-13(2)17-18-15(16-12)20-8-6-19(7-9-20)11-14-5-3-4-10-21-14/h4,10,14H,3,5-9,11H2,1-2H3/t14-/m0/s1. The summed E-state index contributed by atoms with van der Waals surface area (Å²) >= 11 is 0. The molecule has 0 unspecified atom stereocenters. The van der Waals surface area contributed by atoms with E-state index >= 15 is 0 Å². The molecule has 0 aromatic carbocycles. The van der Waals surface area contributed by atoms with E-state index in [-0.39, 0.29) is 0 Å². The minimum Gasteiger partial charge on any atom is -0.497 e. The SMILES string of the molecule is Cc1nnc(N2CCN(C[C@@H]3CCC=CO3)CC2)nc1C. The van der Waals surface area contributed by atoms with Gasteiger partial charge in [0.2, 0.25) is 5.95 Å². The first kappa shape index (κ1) is 14.3. The van der Waals surface area contributed by atoms with Crippen LogP contribution >= 0.6 is 0 Å². The predicted octanol–water partition coefficient (Wildman–Crippen LogP) is 1.30. The second kappa shape index (κ2) is 6.39. The van der Waals surface area contributed by atoms with Crippen molar-refractivity contribution in [2.45, 2.75) is 32.8 Å². The van der Waals surface area contributed by atoms with Crippen molar-refractivity contribution in [3.05, 3.63) is 23.7 Å². The Balaban J connectivity index is 1.52. The maximum absolute atomic E-state index is 5.65. The number of nitrogens with zero attached hydrogens (tertiary/aromatic N) is 5. The van der Waals surface area contributed by atoms with Gasteiger partial charge in [-0.25, -0.2) is 4.98 Å². The van der Waals surface area contributed by atoms with E-state index in [0.29, 0.717) is 6.10 Å². The summed E-state index contributed by atoms with van der Waals surface area (Å²) in [5.41, 5.74) is 1.87. The summed E-state index contributed by atoms with van der Waals surface area (Å²) < 4.78 is 5.65. The van der Waals surface area contributed by atoms with Crippen LogP contribution in [0.15, 0.2) is 12.3 Å². The van der Waals surface area contributed by atoms with Crippen LogP contribution in [-0.2, 0) is 4.74 Å². The minimum absolute atomic E-state index is 0.348. The zero-order valence-corrected chi connectivity index (χ0v) is 12.8. The second-order valence-electron chi connectivity index (χ2n) is 5.78. The normalized spacial score (nSPS) is 23.1. The molecule has 0 radical (unpaired) electrons. The van der Waals surface area contributed by atoms with Crippen LogP contribution < -0.4 is 4.90 Å². The summed E-state index contributed by atoms with van der Waals surface area (Å²) in [4.78, 5) is 9.22. The fourth-order valence-electron chi connectivity index (χ4n) is 2.72. The van der Waals surface area contributed by atoms with Gasteiger partial charge in [-0.15, -0.1) is 5.10 Å². The first-order chi connectivity index (χ1) is 10.2. The van der Waals surface area contributed by atoms with Crippen molar-refractivity contribution < 1.29 is 4.74 Å². The van der Waals surface area contributed by atoms with Gasteiger partial charge in [0.25, 0.3) is 0 Å². The molecule has 1 saturated heterocycles. The lowest BCUT2D eigenvalue weighted by Crippen LogP contribution is -2.49. The Hall–Kier alpha value is -1.69. The monoisotopic (exact) mass is 289 g/mol. The predicted molar refractivity (Wildman–Crippen MR) is 81.2 cm³/mol. The van der Waals surface area contributed by atoms with E-state index in [1.807, 2.05) is 20.1 Å².